The Hall–Kier alpha value is -0.540. The van der Waals surface area contributed by atoms with E-state index in [1.807, 2.05) is 19.1 Å². The number of ether oxygens (including phenoxy) is 1. The molecule has 0 heterocycles. The number of halogens is 1. The number of benzene rings is 1. The van der Waals surface area contributed by atoms with Crippen LogP contribution >= 0.6 is 15.9 Å². The van der Waals surface area contributed by atoms with Crippen molar-refractivity contribution >= 4 is 15.9 Å². The first kappa shape index (κ1) is 11.0. The molecule has 0 bridgehead atoms. The predicted octanol–water partition coefficient (Wildman–Crippen LogP) is 3.26. The Morgan fingerprint density at radius 2 is 2.27 bits per heavy atom. The Labute approximate surface area is 98.9 Å². The van der Waals surface area contributed by atoms with Gasteiger partial charge in [0.25, 0.3) is 0 Å². The van der Waals surface area contributed by atoms with Gasteiger partial charge in [0.05, 0.1) is 6.61 Å². The van der Waals surface area contributed by atoms with Crippen LogP contribution in [0.15, 0.2) is 22.7 Å². The molecule has 1 aliphatic rings. The SMILES string of the molecule is CCOc1cc(Br)ccc1C(N)C1CC1. The van der Waals surface area contributed by atoms with Gasteiger partial charge in [-0.25, -0.2) is 0 Å². The zero-order valence-electron chi connectivity index (χ0n) is 8.87. The molecule has 1 aromatic rings. The second-order valence-electron chi connectivity index (χ2n) is 3.98. The van der Waals surface area contributed by atoms with E-state index >= 15 is 0 Å². The standard InChI is InChI=1S/C12H16BrNO/c1-2-15-11-7-9(13)5-6-10(11)12(14)8-3-4-8/h5-8,12H,2-4,14H2,1H3. The average Bonchev–Trinajstić information content (AvgIpc) is 3.01. The molecule has 0 aliphatic heterocycles. The highest BCUT2D eigenvalue weighted by atomic mass is 79.9. The monoisotopic (exact) mass is 269 g/mol. The molecule has 0 spiro atoms. The maximum absolute atomic E-state index is 6.19. The smallest absolute Gasteiger partial charge is 0.125 e. The topological polar surface area (TPSA) is 35.2 Å². The molecule has 1 saturated carbocycles. The van der Waals surface area contributed by atoms with Crippen LogP contribution in [0.25, 0.3) is 0 Å². The zero-order valence-corrected chi connectivity index (χ0v) is 10.5. The summed E-state index contributed by atoms with van der Waals surface area (Å²) in [6, 6.07) is 6.24. The van der Waals surface area contributed by atoms with Crippen molar-refractivity contribution in [3.8, 4) is 5.75 Å². The maximum Gasteiger partial charge on any atom is 0.125 e. The van der Waals surface area contributed by atoms with Gasteiger partial charge in [0.15, 0.2) is 0 Å². The van der Waals surface area contributed by atoms with Crippen molar-refractivity contribution in [2.24, 2.45) is 11.7 Å². The van der Waals surface area contributed by atoms with Crippen molar-refractivity contribution in [2.75, 3.05) is 6.61 Å². The van der Waals surface area contributed by atoms with Crippen LogP contribution in [0.3, 0.4) is 0 Å². The van der Waals surface area contributed by atoms with Crippen LogP contribution in [-0.4, -0.2) is 6.61 Å². The summed E-state index contributed by atoms with van der Waals surface area (Å²) in [4.78, 5) is 0. The van der Waals surface area contributed by atoms with Crippen LogP contribution in [0.2, 0.25) is 0 Å². The second-order valence-corrected chi connectivity index (χ2v) is 4.89. The lowest BCUT2D eigenvalue weighted by Crippen LogP contribution is -2.14. The highest BCUT2D eigenvalue weighted by Crippen LogP contribution is 2.42. The Bertz CT molecular complexity index is 349. The minimum atomic E-state index is 0.139. The molecule has 3 heteroatoms. The fourth-order valence-electron chi connectivity index (χ4n) is 1.77. The summed E-state index contributed by atoms with van der Waals surface area (Å²) >= 11 is 3.45. The third-order valence-electron chi connectivity index (χ3n) is 2.76. The highest BCUT2D eigenvalue weighted by molar-refractivity contribution is 9.10. The van der Waals surface area contributed by atoms with Crippen molar-refractivity contribution in [1.82, 2.24) is 0 Å². The molecular formula is C12H16BrNO. The summed E-state index contributed by atoms with van der Waals surface area (Å²) in [5.41, 5.74) is 7.33. The van der Waals surface area contributed by atoms with Crippen LogP contribution < -0.4 is 10.5 Å². The van der Waals surface area contributed by atoms with E-state index < -0.39 is 0 Å². The predicted molar refractivity (Wildman–Crippen MR) is 65.0 cm³/mol. The highest BCUT2D eigenvalue weighted by Gasteiger charge is 2.31. The fraction of sp³-hybridized carbons (Fsp3) is 0.500. The summed E-state index contributed by atoms with van der Waals surface area (Å²) in [5, 5.41) is 0. The molecule has 0 aromatic heterocycles. The van der Waals surface area contributed by atoms with Crippen LogP contribution in [0, 0.1) is 5.92 Å². The van der Waals surface area contributed by atoms with E-state index in [9.17, 15) is 0 Å². The first-order valence-corrected chi connectivity index (χ1v) is 6.19. The third kappa shape index (κ3) is 2.52. The van der Waals surface area contributed by atoms with Crippen molar-refractivity contribution in [3.05, 3.63) is 28.2 Å². The van der Waals surface area contributed by atoms with E-state index in [0.717, 1.165) is 15.8 Å². The Kier molecular flexibility index (Phi) is 3.32. The van der Waals surface area contributed by atoms with Crippen LogP contribution in [0.1, 0.15) is 31.4 Å². The first-order chi connectivity index (χ1) is 7.22. The van der Waals surface area contributed by atoms with Gasteiger partial charge in [0, 0.05) is 16.1 Å². The molecular weight excluding hydrogens is 254 g/mol. The minimum Gasteiger partial charge on any atom is -0.493 e. The van der Waals surface area contributed by atoms with Gasteiger partial charge < -0.3 is 10.5 Å². The molecule has 1 aromatic carbocycles. The van der Waals surface area contributed by atoms with Gasteiger partial charge >= 0.3 is 0 Å². The molecule has 1 aliphatic carbocycles. The lowest BCUT2D eigenvalue weighted by molar-refractivity contribution is 0.332. The third-order valence-corrected chi connectivity index (χ3v) is 3.26. The van der Waals surface area contributed by atoms with E-state index in [2.05, 4.69) is 22.0 Å². The molecule has 0 saturated heterocycles. The van der Waals surface area contributed by atoms with E-state index in [-0.39, 0.29) is 6.04 Å². The summed E-state index contributed by atoms with van der Waals surface area (Å²) < 4.78 is 6.65. The quantitative estimate of drug-likeness (QED) is 0.911. The lowest BCUT2D eigenvalue weighted by Gasteiger charge is -2.16. The molecule has 82 valence electrons. The van der Waals surface area contributed by atoms with Crippen molar-refractivity contribution in [3.63, 3.8) is 0 Å². The fourth-order valence-corrected chi connectivity index (χ4v) is 2.11. The summed E-state index contributed by atoms with van der Waals surface area (Å²) in [7, 11) is 0. The first-order valence-electron chi connectivity index (χ1n) is 5.40. The van der Waals surface area contributed by atoms with E-state index in [0.29, 0.717) is 12.5 Å². The molecule has 2 nitrogen and oxygen atoms in total. The van der Waals surface area contributed by atoms with E-state index in [1.54, 1.807) is 0 Å². The summed E-state index contributed by atoms with van der Waals surface area (Å²) in [6.07, 6.45) is 2.51. The largest absolute Gasteiger partial charge is 0.493 e. The van der Waals surface area contributed by atoms with Crippen molar-refractivity contribution in [1.29, 1.82) is 0 Å². The van der Waals surface area contributed by atoms with Crippen LogP contribution in [0.4, 0.5) is 0 Å². The van der Waals surface area contributed by atoms with E-state index in [1.165, 1.54) is 12.8 Å². The van der Waals surface area contributed by atoms with Crippen LogP contribution in [-0.2, 0) is 0 Å². The molecule has 1 fully saturated rings. The average molecular weight is 270 g/mol. The van der Waals surface area contributed by atoms with Gasteiger partial charge in [0.2, 0.25) is 0 Å². The van der Waals surface area contributed by atoms with Gasteiger partial charge in [-0.05, 0) is 37.8 Å². The van der Waals surface area contributed by atoms with Crippen molar-refractivity contribution < 1.29 is 4.74 Å². The van der Waals surface area contributed by atoms with Gasteiger partial charge in [-0.2, -0.15) is 0 Å². The van der Waals surface area contributed by atoms with Gasteiger partial charge in [-0.1, -0.05) is 22.0 Å². The second kappa shape index (κ2) is 4.54. The molecule has 0 radical (unpaired) electrons. The lowest BCUT2D eigenvalue weighted by atomic mass is 10.0. The summed E-state index contributed by atoms with van der Waals surface area (Å²) in [6.45, 7) is 2.67. The van der Waals surface area contributed by atoms with Crippen molar-refractivity contribution in [2.45, 2.75) is 25.8 Å². The molecule has 2 N–H and O–H groups in total. The Morgan fingerprint density at radius 1 is 1.53 bits per heavy atom. The Balaban J connectivity index is 2.27. The minimum absolute atomic E-state index is 0.139. The van der Waals surface area contributed by atoms with Gasteiger partial charge in [0.1, 0.15) is 5.75 Å². The molecule has 2 rings (SSSR count). The molecule has 1 atom stereocenters. The normalized spacial score (nSPS) is 17.5. The zero-order chi connectivity index (χ0) is 10.8. The number of hydrogen-bond donors (Lipinski definition) is 1. The maximum atomic E-state index is 6.19. The van der Waals surface area contributed by atoms with Gasteiger partial charge in [-0.15, -0.1) is 0 Å². The van der Waals surface area contributed by atoms with Crippen LogP contribution in [0.5, 0.6) is 5.75 Å². The summed E-state index contributed by atoms with van der Waals surface area (Å²) in [5.74, 6) is 1.58. The van der Waals surface area contributed by atoms with Gasteiger partial charge in [-0.3, -0.25) is 0 Å². The molecule has 1 unspecified atom stereocenters. The van der Waals surface area contributed by atoms with E-state index in [4.69, 9.17) is 10.5 Å². The number of rotatable bonds is 4. The molecule has 0 amide bonds. The molecule has 15 heavy (non-hydrogen) atoms. The number of nitrogens with two attached hydrogens (primary N) is 1. The Morgan fingerprint density at radius 3 is 2.87 bits per heavy atom. The number of hydrogen-bond acceptors (Lipinski definition) is 2.